The van der Waals surface area contributed by atoms with E-state index in [0.29, 0.717) is 0 Å². The Morgan fingerprint density at radius 1 is 0.529 bits per heavy atom. The number of pyridine rings is 2. The van der Waals surface area contributed by atoms with Crippen LogP contribution in [-0.4, -0.2) is 16.7 Å². The number of aromatic nitrogens is 2. The Bertz CT molecular complexity index is 2320. The normalized spacial score (nSPS) is 13.6. The summed E-state index contributed by atoms with van der Waals surface area (Å²) in [6, 6.07) is 45.1. The van der Waals surface area contributed by atoms with Gasteiger partial charge in [-0.25, -0.2) is 0 Å². The van der Waals surface area contributed by atoms with Gasteiger partial charge in [0.05, 0.1) is 5.69 Å². The molecule has 2 aliphatic rings. The van der Waals surface area contributed by atoms with E-state index in [-0.39, 0.29) is 17.5 Å². The Kier molecular flexibility index (Phi) is 7.02. The molecule has 0 N–H and O–H groups in total. The van der Waals surface area contributed by atoms with E-state index in [4.69, 9.17) is 4.98 Å². The van der Waals surface area contributed by atoms with Crippen LogP contribution in [0.3, 0.4) is 0 Å². The van der Waals surface area contributed by atoms with Gasteiger partial charge in [-0.15, -0.1) is 0 Å². The standard InChI is InChI=1S/C46H41BN4/c1-45(2,3)32-15-19-34(20-16-32)50-39-13-9-7-11-37(39)47-38-12-8-10-14-40(38)51(35-21-17-33(18-22-35)46(4,5)6)42-28-31(27-41(50)43(42)47)44-36-29-48-25-23-30(36)24-26-49-44/h7-29H,1-6H3. The maximum Gasteiger partial charge on any atom is 0.252 e. The molecule has 0 saturated carbocycles. The number of para-hydroxylation sites is 2. The fourth-order valence-corrected chi connectivity index (χ4v) is 8.05. The molecule has 5 heteroatoms. The van der Waals surface area contributed by atoms with Crippen molar-refractivity contribution in [1.82, 2.24) is 9.97 Å². The Morgan fingerprint density at radius 3 is 1.53 bits per heavy atom. The van der Waals surface area contributed by atoms with Crippen molar-refractivity contribution in [1.29, 1.82) is 0 Å². The number of rotatable bonds is 3. The summed E-state index contributed by atoms with van der Waals surface area (Å²) in [5.41, 5.74) is 15.7. The lowest BCUT2D eigenvalue weighted by molar-refractivity contribution is 0.590. The van der Waals surface area contributed by atoms with Gasteiger partial charge in [-0.05, 0) is 104 Å². The van der Waals surface area contributed by atoms with E-state index in [1.165, 1.54) is 50.3 Å². The lowest BCUT2D eigenvalue weighted by Gasteiger charge is -2.44. The minimum absolute atomic E-state index is 0.0589. The molecule has 51 heavy (non-hydrogen) atoms. The van der Waals surface area contributed by atoms with Gasteiger partial charge >= 0.3 is 0 Å². The zero-order valence-corrected chi connectivity index (χ0v) is 30.1. The Labute approximate surface area is 301 Å². The summed E-state index contributed by atoms with van der Waals surface area (Å²) in [6.45, 7) is 13.7. The molecule has 0 atom stereocenters. The quantitative estimate of drug-likeness (QED) is 0.177. The molecule has 7 aromatic rings. The highest BCUT2D eigenvalue weighted by Gasteiger charge is 2.43. The van der Waals surface area contributed by atoms with Gasteiger partial charge in [-0.2, -0.15) is 0 Å². The number of fused-ring (bicyclic) bond motifs is 5. The fourth-order valence-electron chi connectivity index (χ4n) is 8.05. The molecule has 2 aromatic heterocycles. The van der Waals surface area contributed by atoms with Crippen molar-refractivity contribution in [2.45, 2.75) is 52.4 Å². The van der Waals surface area contributed by atoms with Crippen molar-refractivity contribution < 1.29 is 0 Å². The van der Waals surface area contributed by atoms with E-state index < -0.39 is 0 Å². The van der Waals surface area contributed by atoms with Crippen molar-refractivity contribution in [3.05, 3.63) is 151 Å². The van der Waals surface area contributed by atoms with Gasteiger partial charge in [-0.1, -0.05) is 102 Å². The van der Waals surface area contributed by atoms with Crippen LogP contribution in [0.5, 0.6) is 0 Å². The van der Waals surface area contributed by atoms with Crippen LogP contribution in [0, 0.1) is 0 Å². The minimum Gasteiger partial charge on any atom is -0.311 e. The molecule has 5 aromatic carbocycles. The molecule has 248 valence electrons. The highest BCUT2D eigenvalue weighted by Crippen LogP contribution is 2.46. The van der Waals surface area contributed by atoms with E-state index >= 15 is 0 Å². The van der Waals surface area contributed by atoms with Crippen LogP contribution in [-0.2, 0) is 10.8 Å². The number of hydrogen-bond donors (Lipinski definition) is 0. The first kappa shape index (κ1) is 31.3. The van der Waals surface area contributed by atoms with Crippen LogP contribution in [0.25, 0.3) is 22.0 Å². The summed E-state index contributed by atoms with van der Waals surface area (Å²) in [7, 11) is 0. The van der Waals surface area contributed by atoms with Crippen LogP contribution in [0.15, 0.2) is 140 Å². The van der Waals surface area contributed by atoms with E-state index in [9.17, 15) is 0 Å². The Balaban J connectivity index is 1.37. The predicted molar refractivity (Wildman–Crippen MR) is 216 cm³/mol. The summed E-state index contributed by atoms with van der Waals surface area (Å²) in [5, 5.41) is 2.16. The summed E-state index contributed by atoms with van der Waals surface area (Å²) in [5.74, 6) is 0. The molecule has 0 amide bonds. The monoisotopic (exact) mass is 660 g/mol. The summed E-state index contributed by atoms with van der Waals surface area (Å²) in [4.78, 5) is 14.5. The molecule has 0 bridgehead atoms. The molecule has 4 heterocycles. The molecule has 2 aliphatic heterocycles. The third kappa shape index (κ3) is 5.06. The topological polar surface area (TPSA) is 32.3 Å². The van der Waals surface area contributed by atoms with Crippen LogP contribution >= 0.6 is 0 Å². The first-order valence-corrected chi connectivity index (χ1v) is 17.9. The highest BCUT2D eigenvalue weighted by molar-refractivity contribution is 7.00. The lowest BCUT2D eigenvalue weighted by atomic mass is 9.33. The second kappa shape index (κ2) is 11.4. The van der Waals surface area contributed by atoms with Crippen LogP contribution < -0.4 is 26.2 Å². The number of nitrogens with zero attached hydrogens (tertiary/aromatic N) is 4. The van der Waals surface area contributed by atoms with Crippen molar-refractivity contribution in [2.24, 2.45) is 0 Å². The zero-order valence-electron chi connectivity index (χ0n) is 30.1. The van der Waals surface area contributed by atoms with Gasteiger partial charge in [-0.3, -0.25) is 9.97 Å². The lowest BCUT2D eigenvalue weighted by Crippen LogP contribution is -2.61. The average Bonchev–Trinajstić information content (AvgIpc) is 3.13. The van der Waals surface area contributed by atoms with Gasteiger partial charge in [0.2, 0.25) is 0 Å². The number of benzene rings is 5. The summed E-state index contributed by atoms with van der Waals surface area (Å²) >= 11 is 0. The molecule has 0 saturated heterocycles. The largest absolute Gasteiger partial charge is 0.311 e. The van der Waals surface area contributed by atoms with Gasteiger partial charge in [0.1, 0.15) is 0 Å². The maximum absolute atomic E-state index is 5.02. The van der Waals surface area contributed by atoms with Crippen molar-refractivity contribution in [2.75, 3.05) is 9.80 Å². The molecule has 0 unspecified atom stereocenters. The fraction of sp³-hybridized carbons (Fsp3) is 0.174. The molecular weight excluding hydrogens is 619 g/mol. The highest BCUT2D eigenvalue weighted by atomic mass is 15.2. The number of anilines is 6. The second-order valence-electron chi connectivity index (χ2n) is 16.0. The van der Waals surface area contributed by atoms with Gasteiger partial charge in [0.15, 0.2) is 0 Å². The molecule has 0 fully saturated rings. The first-order chi connectivity index (χ1) is 24.6. The molecular formula is C46H41BN4. The predicted octanol–water partition coefficient (Wildman–Crippen LogP) is 9.97. The third-order valence-corrected chi connectivity index (χ3v) is 10.7. The molecule has 4 nitrogen and oxygen atoms in total. The Hall–Kier alpha value is -5.68. The second-order valence-corrected chi connectivity index (χ2v) is 16.0. The van der Waals surface area contributed by atoms with Gasteiger partial charge in [0.25, 0.3) is 6.71 Å². The van der Waals surface area contributed by atoms with Crippen LogP contribution in [0.1, 0.15) is 52.7 Å². The molecule has 0 radical (unpaired) electrons. The van der Waals surface area contributed by atoms with Crippen molar-refractivity contribution >= 4 is 68.0 Å². The van der Waals surface area contributed by atoms with E-state index in [0.717, 1.165) is 33.4 Å². The van der Waals surface area contributed by atoms with E-state index in [1.807, 2.05) is 18.6 Å². The molecule has 0 spiro atoms. The van der Waals surface area contributed by atoms with Crippen molar-refractivity contribution in [3.8, 4) is 11.3 Å². The Morgan fingerprint density at radius 2 is 1.02 bits per heavy atom. The molecule has 0 aliphatic carbocycles. The van der Waals surface area contributed by atoms with Crippen LogP contribution in [0.4, 0.5) is 34.1 Å². The number of hydrogen-bond acceptors (Lipinski definition) is 4. The maximum atomic E-state index is 5.02. The van der Waals surface area contributed by atoms with Crippen molar-refractivity contribution in [3.63, 3.8) is 0 Å². The average molecular weight is 661 g/mol. The van der Waals surface area contributed by atoms with Gasteiger partial charge < -0.3 is 9.80 Å². The van der Waals surface area contributed by atoms with Gasteiger partial charge in [0, 0.05) is 63.7 Å². The van der Waals surface area contributed by atoms with Crippen LogP contribution in [0.2, 0.25) is 0 Å². The smallest absolute Gasteiger partial charge is 0.252 e. The van der Waals surface area contributed by atoms with E-state index in [1.54, 1.807) is 0 Å². The SMILES string of the molecule is CC(C)(C)c1ccc(N2c3ccccc3B3c4ccccc4N(c4ccc(C(C)(C)C)cc4)c4cc(-c5nccc6ccncc56)cc2c43)cc1. The summed E-state index contributed by atoms with van der Waals surface area (Å²) in [6.07, 6.45) is 5.72. The summed E-state index contributed by atoms with van der Waals surface area (Å²) < 4.78 is 0. The first-order valence-electron chi connectivity index (χ1n) is 17.9. The minimum atomic E-state index is 0.0589. The molecule has 9 rings (SSSR count). The third-order valence-electron chi connectivity index (χ3n) is 10.7. The zero-order chi connectivity index (χ0) is 35.1. The van der Waals surface area contributed by atoms with E-state index in [2.05, 4.69) is 178 Å².